The number of anilines is 2. The molecule has 0 aliphatic carbocycles. The van der Waals surface area contributed by atoms with Gasteiger partial charge in [-0.15, -0.1) is 0 Å². The van der Waals surface area contributed by atoms with E-state index in [1.54, 1.807) is 0 Å². The first-order valence-electron chi connectivity index (χ1n) is 7.22. The number of halogens is 2. The Morgan fingerprint density at radius 3 is 2.48 bits per heavy atom. The average molecular weight is 367 g/mol. The number of nitrogen functional groups attached to an aromatic ring is 1. The van der Waals surface area contributed by atoms with E-state index in [9.17, 15) is 14.0 Å². The summed E-state index contributed by atoms with van der Waals surface area (Å²) >= 11 is 5.91. The Hall–Kier alpha value is -2.80. The molecule has 0 spiro atoms. The maximum atomic E-state index is 12.9. The SMILES string of the molecule is COc1cc(N)c(Cl)cc1C(=O)O[C@H](C)C(=O)Nc1ccc(F)cc1. The van der Waals surface area contributed by atoms with Crippen molar-refractivity contribution in [3.05, 3.63) is 52.8 Å². The molecule has 0 unspecified atom stereocenters. The number of hydrogen-bond acceptors (Lipinski definition) is 5. The molecule has 2 aromatic rings. The van der Waals surface area contributed by atoms with Crippen molar-refractivity contribution in [2.75, 3.05) is 18.2 Å². The van der Waals surface area contributed by atoms with Gasteiger partial charge in [0.2, 0.25) is 0 Å². The molecule has 25 heavy (non-hydrogen) atoms. The van der Waals surface area contributed by atoms with Crippen LogP contribution in [0.5, 0.6) is 5.75 Å². The third-order valence-corrected chi connectivity index (χ3v) is 3.63. The van der Waals surface area contributed by atoms with Crippen LogP contribution in [-0.4, -0.2) is 25.1 Å². The Morgan fingerprint density at radius 1 is 1.24 bits per heavy atom. The average Bonchev–Trinajstić information content (AvgIpc) is 2.58. The maximum absolute atomic E-state index is 12.9. The van der Waals surface area contributed by atoms with Crippen LogP contribution in [0.15, 0.2) is 36.4 Å². The highest BCUT2D eigenvalue weighted by Crippen LogP contribution is 2.29. The van der Waals surface area contributed by atoms with E-state index in [0.717, 1.165) is 0 Å². The van der Waals surface area contributed by atoms with E-state index in [2.05, 4.69) is 5.32 Å². The Bertz CT molecular complexity index is 796. The van der Waals surface area contributed by atoms with Gasteiger partial charge < -0.3 is 20.5 Å². The summed E-state index contributed by atoms with van der Waals surface area (Å²) in [5.74, 6) is -1.61. The second-order valence-corrected chi connectivity index (χ2v) is 5.52. The molecule has 0 fully saturated rings. The van der Waals surface area contributed by atoms with E-state index in [1.807, 2.05) is 0 Å². The summed E-state index contributed by atoms with van der Waals surface area (Å²) in [5, 5.41) is 2.68. The first-order valence-corrected chi connectivity index (χ1v) is 7.60. The van der Waals surface area contributed by atoms with Crippen LogP contribution in [0.3, 0.4) is 0 Å². The number of carbonyl (C=O) groups excluding carboxylic acids is 2. The minimum Gasteiger partial charge on any atom is -0.496 e. The molecule has 6 nitrogen and oxygen atoms in total. The van der Waals surface area contributed by atoms with Gasteiger partial charge in [0, 0.05) is 11.8 Å². The lowest BCUT2D eigenvalue weighted by atomic mass is 10.2. The van der Waals surface area contributed by atoms with E-state index in [1.165, 1.54) is 50.4 Å². The van der Waals surface area contributed by atoms with Gasteiger partial charge in [-0.05, 0) is 37.3 Å². The molecule has 2 aromatic carbocycles. The van der Waals surface area contributed by atoms with Crippen LogP contribution in [0.2, 0.25) is 5.02 Å². The van der Waals surface area contributed by atoms with Gasteiger partial charge in [-0.3, -0.25) is 4.79 Å². The summed E-state index contributed by atoms with van der Waals surface area (Å²) in [4.78, 5) is 24.3. The van der Waals surface area contributed by atoms with Crippen molar-refractivity contribution in [2.24, 2.45) is 0 Å². The van der Waals surface area contributed by atoms with Crippen LogP contribution in [0.1, 0.15) is 17.3 Å². The van der Waals surface area contributed by atoms with Gasteiger partial charge >= 0.3 is 5.97 Å². The largest absolute Gasteiger partial charge is 0.496 e. The minimum atomic E-state index is -1.10. The van der Waals surface area contributed by atoms with Gasteiger partial charge in [-0.1, -0.05) is 11.6 Å². The molecule has 0 aliphatic rings. The molecule has 132 valence electrons. The number of methoxy groups -OCH3 is 1. The van der Waals surface area contributed by atoms with E-state index in [4.69, 9.17) is 26.8 Å². The zero-order valence-corrected chi connectivity index (χ0v) is 14.3. The number of amides is 1. The van der Waals surface area contributed by atoms with E-state index in [-0.39, 0.29) is 22.0 Å². The van der Waals surface area contributed by atoms with Crippen LogP contribution >= 0.6 is 11.6 Å². The van der Waals surface area contributed by atoms with Crippen molar-refractivity contribution in [3.8, 4) is 5.75 Å². The van der Waals surface area contributed by atoms with Crippen LogP contribution in [0, 0.1) is 5.82 Å². The number of hydrogen-bond donors (Lipinski definition) is 2. The fourth-order valence-corrected chi connectivity index (χ4v) is 2.12. The molecule has 0 aliphatic heterocycles. The van der Waals surface area contributed by atoms with E-state index >= 15 is 0 Å². The van der Waals surface area contributed by atoms with Crippen molar-refractivity contribution in [1.82, 2.24) is 0 Å². The van der Waals surface area contributed by atoms with E-state index in [0.29, 0.717) is 5.69 Å². The van der Waals surface area contributed by atoms with Crippen molar-refractivity contribution in [3.63, 3.8) is 0 Å². The summed E-state index contributed by atoms with van der Waals surface area (Å²) in [7, 11) is 1.37. The Labute approximate surface area is 148 Å². The summed E-state index contributed by atoms with van der Waals surface area (Å²) in [6.07, 6.45) is -1.10. The molecule has 1 amide bonds. The predicted octanol–water partition coefficient (Wildman–Crippen LogP) is 3.25. The number of ether oxygens (including phenoxy) is 2. The third-order valence-electron chi connectivity index (χ3n) is 3.30. The number of esters is 1. The van der Waals surface area contributed by atoms with E-state index < -0.39 is 23.8 Å². The lowest BCUT2D eigenvalue weighted by molar-refractivity contribution is -0.123. The van der Waals surface area contributed by atoms with Crippen molar-refractivity contribution in [1.29, 1.82) is 0 Å². The summed E-state index contributed by atoms with van der Waals surface area (Å²) in [6.45, 7) is 1.40. The van der Waals surface area contributed by atoms with Crippen LogP contribution < -0.4 is 15.8 Å². The number of nitrogens with two attached hydrogens (primary N) is 1. The highest BCUT2D eigenvalue weighted by molar-refractivity contribution is 6.33. The van der Waals surface area contributed by atoms with Gasteiger partial charge in [0.05, 0.1) is 17.8 Å². The number of carbonyl (C=O) groups is 2. The molecule has 0 bridgehead atoms. The highest BCUT2D eigenvalue weighted by Gasteiger charge is 2.22. The number of rotatable bonds is 5. The molecular weight excluding hydrogens is 351 g/mol. The van der Waals surface area contributed by atoms with Crippen LogP contribution in [0.25, 0.3) is 0 Å². The molecule has 2 rings (SSSR count). The van der Waals surface area contributed by atoms with Gasteiger partial charge in [0.25, 0.3) is 5.91 Å². The Kier molecular flexibility index (Phi) is 5.82. The van der Waals surface area contributed by atoms with Gasteiger partial charge in [-0.2, -0.15) is 0 Å². The molecule has 0 saturated heterocycles. The molecular formula is C17H16ClFN2O4. The molecule has 0 heterocycles. The fourth-order valence-electron chi connectivity index (χ4n) is 1.95. The number of nitrogens with one attached hydrogen (secondary N) is 1. The predicted molar refractivity (Wildman–Crippen MR) is 92.3 cm³/mol. The molecule has 0 radical (unpaired) electrons. The fraction of sp³-hybridized carbons (Fsp3) is 0.176. The quantitative estimate of drug-likeness (QED) is 0.626. The third kappa shape index (κ3) is 4.60. The second kappa shape index (κ2) is 7.85. The van der Waals surface area contributed by atoms with Gasteiger partial charge in [-0.25, -0.2) is 9.18 Å². The summed E-state index contributed by atoms with van der Waals surface area (Å²) in [5.41, 5.74) is 6.33. The smallest absolute Gasteiger partial charge is 0.342 e. The van der Waals surface area contributed by atoms with Crippen LogP contribution in [-0.2, 0) is 9.53 Å². The van der Waals surface area contributed by atoms with Gasteiger partial charge in [0.15, 0.2) is 6.10 Å². The van der Waals surface area contributed by atoms with Crippen molar-refractivity contribution < 1.29 is 23.5 Å². The molecule has 0 aromatic heterocycles. The monoisotopic (exact) mass is 366 g/mol. The molecule has 0 saturated carbocycles. The van der Waals surface area contributed by atoms with Crippen molar-refractivity contribution in [2.45, 2.75) is 13.0 Å². The molecule has 1 atom stereocenters. The minimum absolute atomic E-state index is 0.0446. The standard InChI is InChI=1S/C17H16ClFN2O4/c1-9(16(22)21-11-5-3-10(19)4-6-11)25-17(23)12-7-13(18)14(20)8-15(12)24-2/h3-9H,20H2,1-2H3,(H,21,22)/t9-/m1/s1. The maximum Gasteiger partial charge on any atom is 0.342 e. The normalized spacial score (nSPS) is 11.5. The lowest BCUT2D eigenvalue weighted by Crippen LogP contribution is -2.30. The zero-order valence-electron chi connectivity index (χ0n) is 13.5. The number of benzene rings is 2. The summed E-state index contributed by atoms with van der Waals surface area (Å²) < 4.78 is 23.1. The molecule has 8 heteroatoms. The molecule has 3 N–H and O–H groups in total. The first kappa shape index (κ1) is 18.5. The highest BCUT2D eigenvalue weighted by atomic mass is 35.5. The topological polar surface area (TPSA) is 90.7 Å². The Morgan fingerprint density at radius 2 is 1.88 bits per heavy atom. The van der Waals surface area contributed by atoms with Crippen LogP contribution in [0.4, 0.5) is 15.8 Å². The lowest BCUT2D eigenvalue weighted by Gasteiger charge is -2.15. The summed E-state index contributed by atoms with van der Waals surface area (Å²) in [6, 6.07) is 7.89. The van der Waals surface area contributed by atoms with Crippen molar-refractivity contribution >= 4 is 34.9 Å². The van der Waals surface area contributed by atoms with Gasteiger partial charge in [0.1, 0.15) is 17.1 Å². The zero-order chi connectivity index (χ0) is 18.6. The second-order valence-electron chi connectivity index (χ2n) is 5.12. The first-order chi connectivity index (χ1) is 11.8. The Balaban J connectivity index is 2.08.